The zero-order chi connectivity index (χ0) is 21.3. The predicted molar refractivity (Wildman–Crippen MR) is 116 cm³/mol. The SMILES string of the molecule is CC(C)(C)c1nnc(NC(=O)c2cccc(NC(=O)C3Cc4ccccc4O3)c2)s1. The van der Waals surface area contributed by atoms with E-state index in [0.29, 0.717) is 22.8 Å². The van der Waals surface area contributed by atoms with E-state index in [9.17, 15) is 9.59 Å². The van der Waals surface area contributed by atoms with Crippen LogP contribution in [0.25, 0.3) is 0 Å². The number of hydrogen-bond donors (Lipinski definition) is 2. The van der Waals surface area contributed by atoms with Crippen molar-refractivity contribution in [1.82, 2.24) is 10.2 Å². The van der Waals surface area contributed by atoms with Gasteiger partial charge in [0.05, 0.1) is 0 Å². The molecule has 2 heterocycles. The van der Waals surface area contributed by atoms with Gasteiger partial charge in [0, 0.05) is 23.1 Å². The molecular weight excluding hydrogens is 400 g/mol. The predicted octanol–water partition coefficient (Wildman–Crippen LogP) is 4.03. The molecule has 0 radical (unpaired) electrons. The third-order valence-electron chi connectivity index (χ3n) is 4.62. The van der Waals surface area contributed by atoms with Crippen LogP contribution in [-0.4, -0.2) is 28.1 Å². The maximum atomic E-state index is 12.6. The van der Waals surface area contributed by atoms with Crippen LogP contribution in [0.1, 0.15) is 41.7 Å². The summed E-state index contributed by atoms with van der Waals surface area (Å²) in [6, 6.07) is 14.4. The quantitative estimate of drug-likeness (QED) is 0.662. The summed E-state index contributed by atoms with van der Waals surface area (Å²) in [4.78, 5) is 25.2. The van der Waals surface area contributed by atoms with Gasteiger partial charge in [-0.1, -0.05) is 56.4 Å². The first-order valence-corrected chi connectivity index (χ1v) is 10.4. The summed E-state index contributed by atoms with van der Waals surface area (Å²) in [6.45, 7) is 6.12. The summed E-state index contributed by atoms with van der Waals surface area (Å²) in [5.41, 5.74) is 1.82. The highest BCUT2D eigenvalue weighted by Crippen LogP contribution is 2.29. The molecule has 0 spiro atoms. The monoisotopic (exact) mass is 422 g/mol. The van der Waals surface area contributed by atoms with Gasteiger partial charge in [-0.05, 0) is 29.8 Å². The van der Waals surface area contributed by atoms with E-state index in [1.807, 2.05) is 45.0 Å². The Bertz CT molecular complexity index is 1080. The smallest absolute Gasteiger partial charge is 0.265 e. The first-order valence-electron chi connectivity index (χ1n) is 9.60. The van der Waals surface area contributed by atoms with Crippen molar-refractivity contribution in [2.24, 2.45) is 0 Å². The molecular formula is C22H22N4O3S. The van der Waals surface area contributed by atoms with Gasteiger partial charge in [-0.3, -0.25) is 14.9 Å². The molecule has 0 bridgehead atoms. The zero-order valence-corrected chi connectivity index (χ0v) is 17.7. The van der Waals surface area contributed by atoms with Crippen molar-refractivity contribution in [1.29, 1.82) is 0 Å². The molecule has 1 aromatic heterocycles. The summed E-state index contributed by atoms with van der Waals surface area (Å²) in [5.74, 6) is 0.174. The number of anilines is 2. The number of nitrogens with zero attached hydrogens (tertiary/aromatic N) is 2. The average molecular weight is 423 g/mol. The van der Waals surface area contributed by atoms with Gasteiger partial charge in [-0.15, -0.1) is 10.2 Å². The number of rotatable bonds is 4. The molecule has 7 nitrogen and oxygen atoms in total. The van der Waals surface area contributed by atoms with Crippen LogP contribution in [0.3, 0.4) is 0 Å². The molecule has 4 rings (SSSR count). The lowest BCUT2D eigenvalue weighted by Gasteiger charge is -2.12. The third kappa shape index (κ3) is 4.33. The Balaban J connectivity index is 1.41. The van der Waals surface area contributed by atoms with Crippen LogP contribution in [0.15, 0.2) is 48.5 Å². The fourth-order valence-electron chi connectivity index (χ4n) is 3.04. The molecule has 8 heteroatoms. The largest absolute Gasteiger partial charge is 0.480 e. The van der Waals surface area contributed by atoms with Gasteiger partial charge in [0.25, 0.3) is 11.8 Å². The second-order valence-electron chi connectivity index (χ2n) is 8.10. The second-order valence-corrected chi connectivity index (χ2v) is 9.08. The van der Waals surface area contributed by atoms with E-state index in [4.69, 9.17) is 4.74 Å². The summed E-state index contributed by atoms with van der Waals surface area (Å²) < 4.78 is 5.72. The van der Waals surface area contributed by atoms with E-state index >= 15 is 0 Å². The molecule has 2 amide bonds. The topological polar surface area (TPSA) is 93.2 Å². The minimum atomic E-state index is -0.586. The Labute approximate surface area is 178 Å². The van der Waals surface area contributed by atoms with Crippen molar-refractivity contribution < 1.29 is 14.3 Å². The highest BCUT2D eigenvalue weighted by molar-refractivity contribution is 7.15. The number of para-hydroxylation sites is 1. The molecule has 2 N–H and O–H groups in total. The number of amides is 2. The highest BCUT2D eigenvalue weighted by Gasteiger charge is 2.29. The van der Waals surface area contributed by atoms with Crippen LogP contribution in [0.5, 0.6) is 5.75 Å². The van der Waals surface area contributed by atoms with Crippen molar-refractivity contribution >= 4 is 34.0 Å². The van der Waals surface area contributed by atoms with Gasteiger partial charge < -0.3 is 10.1 Å². The minimum absolute atomic E-state index is 0.132. The van der Waals surface area contributed by atoms with Gasteiger partial charge >= 0.3 is 0 Å². The first kappa shape index (κ1) is 20.0. The minimum Gasteiger partial charge on any atom is -0.480 e. The maximum Gasteiger partial charge on any atom is 0.265 e. The number of fused-ring (bicyclic) bond motifs is 1. The van der Waals surface area contributed by atoms with Crippen molar-refractivity contribution in [2.45, 2.75) is 38.7 Å². The second kappa shape index (κ2) is 7.87. The van der Waals surface area contributed by atoms with Crippen LogP contribution in [0.2, 0.25) is 0 Å². The molecule has 3 aromatic rings. The summed E-state index contributed by atoms with van der Waals surface area (Å²) >= 11 is 1.35. The molecule has 0 aliphatic carbocycles. The summed E-state index contributed by atoms with van der Waals surface area (Å²) in [5, 5.41) is 15.1. The third-order valence-corrected chi connectivity index (χ3v) is 5.88. The molecule has 1 aliphatic rings. The number of carbonyl (C=O) groups is 2. The van der Waals surface area contributed by atoms with Crippen LogP contribution in [-0.2, 0) is 16.6 Å². The number of aromatic nitrogens is 2. The van der Waals surface area contributed by atoms with Crippen LogP contribution in [0.4, 0.5) is 10.8 Å². The Morgan fingerprint density at radius 1 is 1.07 bits per heavy atom. The van der Waals surface area contributed by atoms with Crippen LogP contribution in [0, 0.1) is 0 Å². The fraction of sp³-hybridized carbons (Fsp3) is 0.273. The molecule has 0 saturated heterocycles. The van der Waals surface area contributed by atoms with E-state index in [-0.39, 0.29) is 17.2 Å². The van der Waals surface area contributed by atoms with Gasteiger partial charge in [0.2, 0.25) is 5.13 Å². The van der Waals surface area contributed by atoms with Crippen LogP contribution >= 0.6 is 11.3 Å². The first-order chi connectivity index (χ1) is 14.3. The lowest BCUT2D eigenvalue weighted by molar-refractivity contribution is -0.122. The molecule has 1 aliphatic heterocycles. The molecule has 1 atom stereocenters. The van der Waals surface area contributed by atoms with Gasteiger partial charge in [-0.2, -0.15) is 0 Å². The molecule has 0 fully saturated rings. The summed E-state index contributed by atoms with van der Waals surface area (Å²) in [6.07, 6.45) is -0.0629. The molecule has 30 heavy (non-hydrogen) atoms. The van der Waals surface area contributed by atoms with E-state index < -0.39 is 6.10 Å². The van der Waals surface area contributed by atoms with E-state index in [2.05, 4.69) is 20.8 Å². The highest BCUT2D eigenvalue weighted by atomic mass is 32.1. The van der Waals surface area contributed by atoms with E-state index in [1.165, 1.54) is 11.3 Å². The lowest BCUT2D eigenvalue weighted by atomic mass is 9.98. The molecule has 2 aromatic carbocycles. The molecule has 154 valence electrons. The maximum absolute atomic E-state index is 12.6. The van der Waals surface area contributed by atoms with Crippen molar-refractivity contribution in [3.05, 3.63) is 64.7 Å². The standard InChI is InChI=1S/C22H22N4O3S/c1-22(2,3)20-25-26-21(30-20)24-18(27)14-8-6-9-15(11-14)23-19(28)17-12-13-7-4-5-10-16(13)29-17/h4-11,17H,12H2,1-3H3,(H,23,28)(H,24,26,27). The van der Waals surface area contributed by atoms with Crippen LogP contribution < -0.4 is 15.4 Å². The normalized spacial score (nSPS) is 15.2. The molecule has 1 unspecified atom stereocenters. The number of nitrogens with one attached hydrogen (secondary N) is 2. The van der Waals surface area contributed by atoms with Crippen molar-refractivity contribution in [3.8, 4) is 5.75 Å². The Morgan fingerprint density at radius 3 is 2.60 bits per heavy atom. The molecule has 0 saturated carbocycles. The van der Waals surface area contributed by atoms with Crippen molar-refractivity contribution in [3.63, 3.8) is 0 Å². The number of hydrogen-bond acceptors (Lipinski definition) is 6. The van der Waals surface area contributed by atoms with E-state index in [1.54, 1.807) is 24.3 Å². The Kier molecular flexibility index (Phi) is 5.26. The summed E-state index contributed by atoms with van der Waals surface area (Å²) in [7, 11) is 0. The zero-order valence-electron chi connectivity index (χ0n) is 16.9. The van der Waals surface area contributed by atoms with Gasteiger partial charge in [-0.25, -0.2) is 0 Å². The number of ether oxygens (including phenoxy) is 1. The average Bonchev–Trinajstić information content (AvgIpc) is 3.35. The van der Waals surface area contributed by atoms with Gasteiger partial charge in [0.15, 0.2) is 6.10 Å². The van der Waals surface area contributed by atoms with E-state index in [0.717, 1.165) is 16.3 Å². The lowest BCUT2D eigenvalue weighted by Crippen LogP contribution is -2.31. The number of carbonyl (C=O) groups excluding carboxylic acids is 2. The van der Waals surface area contributed by atoms with Crippen molar-refractivity contribution in [2.75, 3.05) is 10.6 Å². The Morgan fingerprint density at radius 2 is 1.87 bits per heavy atom. The number of benzene rings is 2. The Hall–Kier alpha value is -3.26. The van der Waals surface area contributed by atoms with Gasteiger partial charge in [0.1, 0.15) is 10.8 Å². The fourth-order valence-corrected chi connectivity index (χ4v) is 3.83.